The maximum Gasteiger partial charge on any atom is 0.00686 e. The quantitative estimate of drug-likeness (QED) is 0.381. The van der Waals surface area contributed by atoms with Gasteiger partial charge in [-0.25, -0.2) is 0 Å². The number of rotatable bonds is 5. The van der Waals surface area contributed by atoms with Crippen molar-refractivity contribution in [2.24, 2.45) is 5.73 Å². The SMILES string of the molecule is C=C.C=C(/C(C)=C\C=C/C)/C(C)=C/C(=C)c1cccc(C)c1C.CC.CC(C)(C)N. The number of aryl methyl sites for hydroxylation is 1. The molecule has 0 fully saturated rings. The Kier molecular flexibility index (Phi) is 18.8. The number of hydrogen-bond donors (Lipinski definition) is 1. The summed E-state index contributed by atoms with van der Waals surface area (Å²) in [5.41, 5.74) is 13.6. The van der Waals surface area contributed by atoms with E-state index >= 15 is 0 Å². The van der Waals surface area contributed by atoms with Crippen LogP contribution >= 0.6 is 0 Å². The van der Waals surface area contributed by atoms with E-state index in [-0.39, 0.29) is 5.54 Å². The Morgan fingerprint density at radius 1 is 0.967 bits per heavy atom. The van der Waals surface area contributed by atoms with Gasteiger partial charge in [0, 0.05) is 5.54 Å². The van der Waals surface area contributed by atoms with E-state index in [1.165, 1.54) is 22.3 Å². The van der Waals surface area contributed by atoms with E-state index in [4.69, 9.17) is 5.73 Å². The first-order valence-electron chi connectivity index (χ1n) is 10.6. The molecule has 0 heterocycles. The number of benzene rings is 1. The first-order chi connectivity index (χ1) is 13.9. The van der Waals surface area contributed by atoms with Gasteiger partial charge in [0.15, 0.2) is 0 Å². The summed E-state index contributed by atoms with van der Waals surface area (Å²) in [6, 6.07) is 6.34. The van der Waals surface area contributed by atoms with E-state index in [9.17, 15) is 0 Å². The standard InChI is InChI=1S/C21H26.C4H11N.C2H6.C2H4/c1-8-9-11-15(2)19(6)17(4)14-18(5)21-13-10-12-16(3)20(21)7;1-4(2,3)5;2*1-2/h8-14H,5-6H2,1-4,7H3;5H2,1-3H3;1-2H3;1-2H2/b9-8-,15-11-,17-14+;;;. The molecule has 0 amide bonds. The van der Waals surface area contributed by atoms with Gasteiger partial charge in [-0.05, 0) is 94.4 Å². The lowest BCUT2D eigenvalue weighted by molar-refractivity contribution is 0.580. The van der Waals surface area contributed by atoms with E-state index in [0.717, 1.165) is 16.7 Å². The monoisotopic (exact) mass is 409 g/mol. The minimum absolute atomic E-state index is 0. The largest absolute Gasteiger partial charge is 0.326 e. The summed E-state index contributed by atoms with van der Waals surface area (Å²) >= 11 is 0. The van der Waals surface area contributed by atoms with Crippen molar-refractivity contribution < 1.29 is 0 Å². The molecule has 0 unspecified atom stereocenters. The fourth-order valence-electron chi connectivity index (χ4n) is 2.18. The summed E-state index contributed by atoms with van der Waals surface area (Å²) < 4.78 is 0. The number of hydrogen-bond acceptors (Lipinski definition) is 1. The van der Waals surface area contributed by atoms with Gasteiger partial charge in [0.25, 0.3) is 0 Å². The molecule has 1 aromatic rings. The van der Waals surface area contributed by atoms with Crippen LogP contribution in [-0.4, -0.2) is 5.54 Å². The molecule has 1 rings (SSSR count). The van der Waals surface area contributed by atoms with Gasteiger partial charge < -0.3 is 5.73 Å². The second kappa shape index (κ2) is 17.5. The lowest BCUT2D eigenvalue weighted by atomic mass is 9.94. The van der Waals surface area contributed by atoms with E-state index in [2.05, 4.69) is 84.4 Å². The van der Waals surface area contributed by atoms with E-state index < -0.39 is 0 Å². The van der Waals surface area contributed by atoms with Crippen LogP contribution < -0.4 is 5.73 Å². The van der Waals surface area contributed by atoms with Crippen LogP contribution in [0.1, 0.15) is 72.1 Å². The zero-order valence-corrected chi connectivity index (χ0v) is 21.4. The Bertz CT molecular complexity index is 728. The van der Waals surface area contributed by atoms with Gasteiger partial charge in [-0.15, -0.1) is 13.2 Å². The smallest absolute Gasteiger partial charge is 0.00686 e. The lowest BCUT2D eigenvalue weighted by Gasteiger charge is -2.11. The molecule has 0 aliphatic rings. The molecule has 0 radical (unpaired) electrons. The lowest BCUT2D eigenvalue weighted by Crippen LogP contribution is -2.26. The van der Waals surface area contributed by atoms with Crippen LogP contribution in [-0.2, 0) is 0 Å². The van der Waals surface area contributed by atoms with Crippen molar-refractivity contribution >= 4 is 5.57 Å². The highest BCUT2D eigenvalue weighted by atomic mass is 14.7. The molecule has 0 bridgehead atoms. The molecule has 2 N–H and O–H groups in total. The summed E-state index contributed by atoms with van der Waals surface area (Å²) in [5.74, 6) is 0. The predicted octanol–water partition coefficient (Wildman–Crippen LogP) is 8.91. The van der Waals surface area contributed by atoms with Crippen LogP contribution in [0.15, 0.2) is 85.5 Å². The number of allylic oxidation sites excluding steroid dienone is 8. The first kappa shape index (κ1) is 32.3. The van der Waals surface area contributed by atoms with Crippen LogP contribution in [0, 0.1) is 13.8 Å². The van der Waals surface area contributed by atoms with Crippen molar-refractivity contribution in [2.75, 3.05) is 0 Å². The van der Waals surface area contributed by atoms with Crippen molar-refractivity contribution in [3.8, 4) is 0 Å². The molecule has 0 aliphatic heterocycles. The van der Waals surface area contributed by atoms with E-state index in [1.54, 1.807) is 0 Å². The molecule has 0 atom stereocenters. The maximum absolute atomic E-state index is 5.35. The summed E-state index contributed by atoms with van der Waals surface area (Å²) in [6.45, 7) is 34.8. The Hall–Kier alpha value is -2.38. The fourth-order valence-corrected chi connectivity index (χ4v) is 2.18. The fraction of sp³-hybridized carbons (Fsp3) is 0.379. The van der Waals surface area contributed by atoms with E-state index in [1.807, 2.05) is 53.7 Å². The molecule has 0 aliphatic carbocycles. The minimum atomic E-state index is 0. The second-order valence-corrected chi connectivity index (χ2v) is 7.82. The third-order valence-corrected chi connectivity index (χ3v) is 3.83. The molecule has 0 saturated heterocycles. The summed E-state index contributed by atoms with van der Waals surface area (Å²) in [7, 11) is 0. The molecule has 0 spiro atoms. The first-order valence-corrected chi connectivity index (χ1v) is 10.6. The van der Waals surface area contributed by atoms with Gasteiger partial charge in [0.1, 0.15) is 0 Å². The molecule has 30 heavy (non-hydrogen) atoms. The Morgan fingerprint density at radius 3 is 1.87 bits per heavy atom. The van der Waals surface area contributed by atoms with Crippen LogP contribution in [0.25, 0.3) is 5.57 Å². The Morgan fingerprint density at radius 2 is 1.43 bits per heavy atom. The van der Waals surface area contributed by atoms with Gasteiger partial charge in [-0.2, -0.15) is 0 Å². The Balaban J connectivity index is -0.000000692. The summed E-state index contributed by atoms with van der Waals surface area (Å²) in [5, 5.41) is 0. The van der Waals surface area contributed by atoms with Gasteiger partial charge >= 0.3 is 0 Å². The highest BCUT2D eigenvalue weighted by Gasteiger charge is 2.05. The van der Waals surface area contributed by atoms with Crippen molar-refractivity contribution in [3.05, 3.63) is 102 Å². The normalized spacial score (nSPS) is 11.3. The summed E-state index contributed by atoms with van der Waals surface area (Å²) in [6.07, 6.45) is 8.26. The molecular formula is C29H47N. The van der Waals surface area contributed by atoms with Gasteiger partial charge in [-0.1, -0.05) is 69.5 Å². The van der Waals surface area contributed by atoms with Crippen molar-refractivity contribution in [1.82, 2.24) is 0 Å². The molecule has 0 saturated carbocycles. The highest BCUT2D eigenvalue weighted by Crippen LogP contribution is 2.25. The zero-order chi connectivity index (χ0) is 24.5. The topological polar surface area (TPSA) is 26.0 Å². The van der Waals surface area contributed by atoms with Crippen molar-refractivity contribution in [2.45, 2.75) is 74.8 Å². The average molecular weight is 410 g/mol. The third kappa shape index (κ3) is 15.5. The Labute approximate surface area is 188 Å². The van der Waals surface area contributed by atoms with Crippen LogP contribution in [0.2, 0.25) is 0 Å². The number of nitrogens with two attached hydrogens (primary N) is 1. The van der Waals surface area contributed by atoms with Crippen molar-refractivity contribution in [3.63, 3.8) is 0 Å². The van der Waals surface area contributed by atoms with Gasteiger partial charge in [-0.3, -0.25) is 0 Å². The zero-order valence-electron chi connectivity index (χ0n) is 21.4. The predicted molar refractivity (Wildman–Crippen MR) is 143 cm³/mol. The molecule has 1 heteroatoms. The third-order valence-electron chi connectivity index (χ3n) is 3.83. The molecule has 0 aromatic heterocycles. The van der Waals surface area contributed by atoms with Gasteiger partial charge in [0.05, 0.1) is 0 Å². The second-order valence-electron chi connectivity index (χ2n) is 7.82. The molecule has 168 valence electrons. The van der Waals surface area contributed by atoms with E-state index in [0.29, 0.717) is 0 Å². The summed E-state index contributed by atoms with van der Waals surface area (Å²) in [4.78, 5) is 0. The average Bonchev–Trinajstić information content (AvgIpc) is 2.69. The van der Waals surface area contributed by atoms with Crippen LogP contribution in [0.3, 0.4) is 0 Å². The minimum Gasteiger partial charge on any atom is -0.326 e. The van der Waals surface area contributed by atoms with Crippen molar-refractivity contribution in [1.29, 1.82) is 0 Å². The maximum atomic E-state index is 5.35. The highest BCUT2D eigenvalue weighted by molar-refractivity contribution is 5.76. The van der Waals surface area contributed by atoms with Crippen LogP contribution in [0.5, 0.6) is 0 Å². The molecule has 1 nitrogen and oxygen atoms in total. The molecule has 1 aromatic carbocycles. The van der Waals surface area contributed by atoms with Gasteiger partial charge in [0.2, 0.25) is 0 Å². The van der Waals surface area contributed by atoms with Crippen LogP contribution in [0.4, 0.5) is 0 Å². The molecular weight excluding hydrogens is 362 g/mol.